The van der Waals surface area contributed by atoms with E-state index in [0.717, 1.165) is 10.9 Å². The quantitative estimate of drug-likeness (QED) is 0.589. The van der Waals surface area contributed by atoms with Gasteiger partial charge in [-0.15, -0.1) is 0 Å². The molecule has 0 aromatic carbocycles. The zero-order chi connectivity index (χ0) is 19.3. The van der Waals surface area contributed by atoms with Crippen molar-refractivity contribution in [3.63, 3.8) is 0 Å². The molecule has 0 spiro atoms. The first-order valence-electron chi connectivity index (χ1n) is 7.65. The van der Waals surface area contributed by atoms with Gasteiger partial charge in [0.05, 0.1) is 17.3 Å². The van der Waals surface area contributed by atoms with Gasteiger partial charge >= 0.3 is 12.1 Å². The van der Waals surface area contributed by atoms with Gasteiger partial charge in [-0.05, 0) is 18.2 Å². The Morgan fingerprint density at radius 1 is 1.26 bits per heavy atom. The third-order valence-electron chi connectivity index (χ3n) is 4.04. The van der Waals surface area contributed by atoms with Crippen LogP contribution in [0, 0.1) is 0 Å². The third kappa shape index (κ3) is 2.84. The van der Waals surface area contributed by atoms with E-state index in [-0.39, 0.29) is 22.5 Å². The third-order valence-corrected chi connectivity index (χ3v) is 4.04. The number of nitrogens with zero attached hydrogens (tertiary/aromatic N) is 4. The number of aromatic nitrogens is 4. The van der Waals surface area contributed by atoms with Crippen molar-refractivity contribution in [2.24, 2.45) is 7.05 Å². The summed E-state index contributed by atoms with van der Waals surface area (Å²) in [6, 6.07) is 4.55. The molecule has 4 heterocycles. The summed E-state index contributed by atoms with van der Waals surface area (Å²) in [6.45, 7) is 0. The number of pyridine rings is 1. The van der Waals surface area contributed by atoms with Crippen molar-refractivity contribution in [2.75, 3.05) is 0 Å². The zero-order valence-electron chi connectivity index (χ0n) is 13.7. The van der Waals surface area contributed by atoms with Crippen molar-refractivity contribution in [1.82, 2.24) is 19.4 Å². The molecular weight excluding hydrogens is 365 g/mol. The molecule has 0 bridgehead atoms. The summed E-state index contributed by atoms with van der Waals surface area (Å²) in [7, 11) is 1.41. The Labute approximate surface area is 149 Å². The summed E-state index contributed by atoms with van der Waals surface area (Å²) < 4.78 is 47.7. The number of carbonyl (C=O) groups is 1. The van der Waals surface area contributed by atoms with Crippen LogP contribution in [-0.4, -0.2) is 30.5 Å². The normalized spacial score (nSPS) is 12.0. The fourth-order valence-corrected chi connectivity index (χ4v) is 2.84. The number of hydrogen-bond acceptors (Lipinski definition) is 4. The van der Waals surface area contributed by atoms with Crippen LogP contribution in [-0.2, 0) is 13.2 Å². The van der Waals surface area contributed by atoms with Gasteiger partial charge in [0, 0.05) is 36.1 Å². The number of halogens is 3. The first-order chi connectivity index (χ1) is 12.7. The fraction of sp³-hybridized carbons (Fsp3) is 0.118. The number of furan rings is 1. The minimum absolute atomic E-state index is 0.0229. The second-order valence-electron chi connectivity index (χ2n) is 5.87. The molecular formula is C17H11F3N4O3. The molecule has 0 radical (unpaired) electrons. The van der Waals surface area contributed by atoms with E-state index in [1.807, 2.05) is 0 Å². The maximum atomic E-state index is 13.3. The number of alkyl halides is 3. The molecule has 7 nitrogen and oxygen atoms in total. The van der Waals surface area contributed by atoms with Gasteiger partial charge in [-0.25, -0.2) is 9.31 Å². The van der Waals surface area contributed by atoms with Crippen LogP contribution in [0.3, 0.4) is 0 Å². The number of hydrogen-bond donors (Lipinski definition) is 1. The van der Waals surface area contributed by atoms with Crippen LogP contribution in [0.5, 0.6) is 0 Å². The van der Waals surface area contributed by atoms with E-state index in [1.165, 1.54) is 30.0 Å². The molecule has 4 aromatic heterocycles. The molecule has 0 aliphatic rings. The highest BCUT2D eigenvalue weighted by atomic mass is 19.4. The summed E-state index contributed by atoms with van der Waals surface area (Å²) in [5.41, 5.74) is 0.0419. The van der Waals surface area contributed by atoms with E-state index in [9.17, 15) is 18.0 Å². The van der Waals surface area contributed by atoms with Crippen molar-refractivity contribution in [2.45, 2.75) is 6.18 Å². The van der Waals surface area contributed by atoms with Gasteiger partial charge in [-0.1, -0.05) is 0 Å². The van der Waals surface area contributed by atoms with Crippen molar-refractivity contribution in [1.29, 1.82) is 0 Å². The lowest BCUT2D eigenvalue weighted by atomic mass is 10.1. The number of aryl methyl sites for hydroxylation is 1. The first kappa shape index (κ1) is 16.9. The van der Waals surface area contributed by atoms with Crippen LogP contribution in [0.25, 0.3) is 28.0 Å². The maximum absolute atomic E-state index is 13.3. The second-order valence-corrected chi connectivity index (χ2v) is 5.87. The Morgan fingerprint density at radius 2 is 2.04 bits per heavy atom. The molecule has 4 rings (SSSR count). The molecule has 0 atom stereocenters. The highest BCUT2D eigenvalue weighted by Gasteiger charge is 2.38. The second kappa shape index (κ2) is 5.73. The number of fused-ring (bicyclic) bond motifs is 1. The van der Waals surface area contributed by atoms with Crippen molar-refractivity contribution in [3.05, 3.63) is 54.3 Å². The highest BCUT2D eigenvalue weighted by Crippen LogP contribution is 2.38. The summed E-state index contributed by atoms with van der Waals surface area (Å²) in [5.74, 6) is -0.856. The molecule has 138 valence electrons. The highest BCUT2D eigenvalue weighted by molar-refractivity contribution is 5.89. The van der Waals surface area contributed by atoms with Gasteiger partial charge in [0.2, 0.25) is 0 Å². The summed E-state index contributed by atoms with van der Waals surface area (Å²) in [4.78, 5) is 11.0. The predicted molar refractivity (Wildman–Crippen MR) is 87.1 cm³/mol. The van der Waals surface area contributed by atoms with Gasteiger partial charge in [0.1, 0.15) is 12.0 Å². The molecule has 0 aliphatic heterocycles. The van der Waals surface area contributed by atoms with E-state index in [4.69, 9.17) is 9.52 Å². The number of aromatic carboxylic acids is 1. The lowest BCUT2D eigenvalue weighted by molar-refractivity contribution is -0.140. The van der Waals surface area contributed by atoms with Crippen LogP contribution >= 0.6 is 0 Å². The number of carboxylic acids is 1. The molecule has 0 fully saturated rings. The minimum atomic E-state index is -4.61. The Kier molecular flexibility index (Phi) is 3.58. The monoisotopic (exact) mass is 376 g/mol. The molecule has 0 aliphatic carbocycles. The van der Waals surface area contributed by atoms with Crippen molar-refractivity contribution < 1.29 is 27.5 Å². The zero-order valence-corrected chi connectivity index (χ0v) is 13.7. The first-order valence-corrected chi connectivity index (χ1v) is 7.65. The fourth-order valence-electron chi connectivity index (χ4n) is 2.84. The predicted octanol–water partition coefficient (Wildman–Crippen LogP) is 3.71. The van der Waals surface area contributed by atoms with Gasteiger partial charge in [-0.2, -0.15) is 23.4 Å². The molecule has 1 N–H and O–H groups in total. The van der Waals surface area contributed by atoms with Crippen LogP contribution in [0.1, 0.15) is 16.1 Å². The van der Waals surface area contributed by atoms with Crippen LogP contribution in [0.15, 0.2) is 47.5 Å². The molecule has 4 aromatic rings. The smallest absolute Gasteiger partial charge is 0.435 e. The van der Waals surface area contributed by atoms with Crippen molar-refractivity contribution in [3.8, 4) is 22.5 Å². The van der Waals surface area contributed by atoms with Crippen LogP contribution < -0.4 is 0 Å². The lowest BCUT2D eigenvalue weighted by Gasteiger charge is -2.05. The minimum Gasteiger partial charge on any atom is -0.478 e. The average Bonchev–Trinajstić information content (AvgIpc) is 3.30. The van der Waals surface area contributed by atoms with Gasteiger partial charge in [0.15, 0.2) is 5.69 Å². The molecule has 0 saturated heterocycles. The average molecular weight is 376 g/mol. The van der Waals surface area contributed by atoms with Gasteiger partial charge in [-0.3, -0.25) is 4.68 Å². The standard InChI is InChI=1S/C17H11F3N4O3/c1-23-7-12(15(22-23)17(18,19)20)11-6-21-24-3-2-9(4-13(11)24)14-5-10(8-27-14)16(25)26/h2-8H,1H3,(H,25,26). The Morgan fingerprint density at radius 3 is 2.70 bits per heavy atom. The van der Waals surface area contributed by atoms with Crippen molar-refractivity contribution >= 4 is 11.5 Å². The number of carboxylic acid groups (broad SMARTS) is 1. The molecule has 10 heteroatoms. The SMILES string of the molecule is Cn1cc(-c2cnn3ccc(-c4cc(C(=O)O)co4)cc23)c(C(F)(F)F)n1. The van der Waals surface area contributed by atoms with Crippen LogP contribution in [0.4, 0.5) is 13.2 Å². The lowest BCUT2D eigenvalue weighted by Crippen LogP contribution is -2.08. The van der Waals surface area contributed by atoms with E-state index < -0.39 is 17.8 Å². The van der Waals surface area contributed by atoms with E-state index in [2.05, 4.69) is 10.2 Å². The van der Waals surface area contributed by atoms with Gasteiger partial charge in [0.25, 0.3) is 0 Å². The summed E-state index contributed by atoms with van der Waals surface area (Å²) in [6.07, 6.45) is 0.654. The Balaban J connectivity index is 1.88. The molecule has 27 heavy (non-hydrogen) atoms. The summed E-state index contributed by atoms with van der Waals surface area (Å²) in [5, 5.41) is 16.6. The van der Waals surface area contributed by atoms with E-state index >= 15 is 0 Å². The molecule has 0 unspecified atom stereocenters. The topological polar surface area (TPSA) is 85.6 Å². The van der Waals surface area contributed by atoms with E-state index in [0.29, 0.717) is 11.1 Å². The largest absolute Gasteiger partial charge is 0.478 e. The maximum Gasteiger partial charge on any atom is 0.435 e. The molecule has 0 amide bonds. The Hall–Kier alpha value is -3.56. The molecule has 0 saturated carbocycles. The van der Waals surface area contributed by atoms with E-state index in [1.54, 1.807) is 18.3 Å². The summed E-state index contributed by atoms with van der Waals surface area (Å²) >= 11 is 0. The number of rotatable bonds is 3. The van der Waals surface area contributed by atoms with Gasteiger partial charge < -0.3 is 9.52 Å². The van der Waals surface area contributed by atoms with Crippen LogP contribution in [0.2, 0.25) is 0 Å². The Bertz CT molecular complexity index is 1170.